The smallest absolute Gasteiger partial charge is 0.264 e. The van der Waals surface area contributed by atoms with Crippen molar-refractivity contribution in [2.45, 2.75) is 6.92 Å². The summed E-state index contributed by atoms with van der Waals surface area (Å²) >= 11 is 3.43. The fourth-order valence-corrected chi connectivity index (χ4v) is 4.04. The molecular formula is C24H23BrN4O3. The third-order valence-electron chi connectivity index (χ3n) is 4.96. The summed E-state index contributed by atoms with van der Waals surface area (Å²) in [6.07, 6.45) is 1.55. The maximum absolute atomic E-state index is 13.0. The van der Waals surface area contributed by atoms with E-state index < -0.39 is 0 Å². The Morgan fingerprint density at radius 2 is 1.84 bits per heavy atom. The highest BCUT2D eigenvalue weighted by atomic mass is 79.9. The number of benzene rings is 2. The number of carbonyl (C=O) groups is 1. The van der Waals surface area contributed by atoms with Crippen LogP contribution in [-0.4, -0.2) is 50.2 Å². The number of amides is 1. The molecule has 1 heterocycles. The van der Waals surface area contributed by atoms with E-state index in [-0.39, 0.29) is 18.1 Å². The number of ether oxygens (including phenoxy) is 2. The lowest BCUT2D eigenvalue weighted by Crippen LogP contribution is -2.49. The van der Waals surface area contributed by atoms with Gasteiger partial charge in [0.2, 0.25) is 0 Å². The first kappa shape index (κ1) is 23.2. The molecular weight excluding hydrogens is 472 g/mol. The van der Waals surface area contributed by atoms with Gasteiger partial charge in [0.1, 0.15) is 17.7 Å². The second-order valence-electron chi connectivity index (χ2n) is 6.99. The Hall–Kier alpha value is -3.49. The Bertz CT molecular complexity index is 1070. The molecule has 0 spiro atoms. The second kappa shape index (κ2) is 11.2. The van der Waals surface area contributed by atoms with E-state index in [0.717, 1.165) is 5.69 Å². The molecule has 0 aromatic heterocycles. The summed E-state index contributed by atoms with van der Waals surface area (Å²) in [5, 5.41) is 18.4. The highest BCUT2D eigenvalue weighted by Gasteiger charge is 2.24. The van der Waals surface area contributed by atoms with Gasteiger partial charge in [-0.3, -0.25) is 4.79 Å². The minimum Gasteiger partial charge on any atom is -0.490 e. The van der Waals surface area contributed by atoms with E-state index in [0.29, 0.717) is 54.3 Å². The number of halogens is 1. The minimum atomic E-state index is -0.292. The number of nitriles is 2. The topological polar surface area (TPSA) is 89.6 Å². The standard InChI is InChI=1S/C24H23BrN4O3/c1-2-31-22-16-18(15-21(25)23(22)32-13-8-26)14-19(17-27)24(30)29-11-9-28(10-12-29)20-6-4-3-5-7-20/h3-7,14-16H,2,9-13H2,1H3/b19-14-. The van der Waals surface area contributed by atoms with E-state index in [1.807, 2.05) is 37.3 Å². The molecule has 164 valence electrons. The first-order valence-corrected chi connectivity index (χ1v) is 11.0. The van der Waals surface area contributed by atoms with Crippen molar-refractivity contribution >= 4 is 33.6 Å². The highest BCUT2D eigenvalue weighted by Crippen LogP contribution is 2.37. The van der Waals surface area contributed by atoms with Crippen molar-refractivity contribution in [3.8, 4) is 23.6 Å². The molecule has 1 aliphatic heterocycles. The SMILES string of the molecule is CCOc1cc(/C=C(/C#N)C(=O)N2CCN(c3ccccc3)CC2)cc(Br)c1OCC#N. The van der Waals surface area contributed by atoms with Gasteiger partial charge in [-0.15, -0.1) is 0 Å². The maximum atomic E-state index is 13.0. The van der Waals surface area contributed by atoms with Crippen molar-refractivity contribution in [2.24, 2.45) is 0 Å². The van der Waals surface area contributed by atoms with Crippen molar-refractivity contribution in [3.63, 3.8) is 0 Å². The van der Waals surface area contributed by atoms with E-state index in [2.05, 4.69) is 33.0 Å². The van der Waals surface area contributed by atoms with Gasteiger partial charge >= 0.3 is 0 Å². The Labute approximate surface area is 196 Å². The number of piperazine rings is 1. The van der Waals surface area contributed by atoms with Crippen LogP contribution in [0.4, 0.5) is 5.69 Å². The molecule has 1 fully saturated rings. The third-order valence-corrected chi connectivity index (χ3v) is 5.55. The van der Waals surface area contributed by atoms with Gasteiger partial charge in [-0.2, -0.15) is 10.5 Å². The van der Waals surface area contributed by atoms with Gasteiger partial charge in [0.15, 0.2) is 18.1 Å². The van der Waals surface area contributed by atoms with Gasteiger partial charge in [0.05, 0.1) is 11.1 Å². The van der Waals surface area contributed by atoms with Gasteiger partial charge in [0.25, 0.3) is 5.91 Å². The fraction of sp³-hybridized carbons (Fsp3) is 0.292. The molecule has 0 atom stereocenters. The summed E-state index contributed by atoms with van der Waals surface area (Å²) in [6, 6.07) is 17.5. The lowest BCUT2D eigenvalue weighted by molar-refractivity contribution is -0.126. The van der Waals surface area contributed by atoms with E-state index in [4.69, 9.17) is 14.7 Å². The van der Waals surface area contributed by atoms with Gasteiger partial charge in [-0.25, -0.2) is 0 Å². The van der Waals surface area contributed by atoms with Gasteiger partial charge < -0.3 is 19.3 Å². The largest absolute Gasteiger partial charge is 0.490 e. The van der Waals surface area contributed by atoms with E-state index in [1.165, 1.54) is 0 Å². The summed E-state index contributed by atoms with van der Waals surface area (Å²) < 4.78 is 11.6. The van der Waals surface area contributed by atoms with E-state index in [1.54, 1.807) is 23.1 Å². The number of hydrogen-bond donors (Lipinski definition) is 0. The van der Waals surface area contributed by atoms with Crippen LogP contribution in [0.15, 0.2) is 52.5 Å². The molecule has 2 aromatic carbocycles. The molecule has 2 aromatic rings. The average Bonchev–Trinajstić information content (AvgIpc) is 2.82. The number of rotatable bonds is 7. The minimum absolute atomic E-state index is 0.0539. The molecule has 0 N–H and O–H groups in total. The van der Waals surface area contributed by atoms with Crippen LogP contribution in [0, 0.1) is 22.7 Å². The number of para-hydroxylation sites is 1. The maximum Gasteiger partial charge on any atom is 0.264 e. The molecule has 8 heteroatoms. The number of carbonyl (C=O) groups excluding carboxylic acids is 1. The van der Waals surface area contributed by atoms with Crippen molar-refractivity contribution in [3.05, 3.63) is 58.1 Å². The molecule has 0 bridgehead atoms. The molecule has 0 saturated carbocycles. The molecule has 32 heavy (non-hydrogen) atoms. The molecule has 7 nitrogen and oxygen atoms in total. The van der Waals surface area contributed by atoms with Crippen LogP contribution in [-0.2, 0) is 4.79 Å². The molecule has 1 aliphatic rings. The number of hydrogen-bond acceptors (Lipinski definition) is 6. The zero-order valence-electron chi connectivity index (χ0n) is 17.8. The molecule has 0 aliphatic carbocycles. The molecule has 1 saturated heterocycles. The van der Waals surface area contributed by atoms with Crippen LogP contribution in [0.1, 0.15) is 12.5 Å². The first-order valence-electron chi connectivity index (χ1n) is 10.2. The summed E-state index contributed by atoms with van der Waals surface area (Å²) in [5.74, 6) is 0.552. The van der Waals surface area contributed by atoms with Crippen molar-refractivity contribution < 1.29 is 14.3 Å². The Kier molecular flexibility index (Phi) is 8.13. The van der Waals surface area contributed by atoms with Crippen molar-refractivity contribution in [1.82, 2.24) is 4.90 Å². The summed E-state index contributed by atoms with van der Waals surface area (Å²) in [6.45, 7) is 4.62. The summed E-state index contributed by atoms with van der Waals surface area (Å²) in [4.78, 5) is 16.9. The van der Waals surface area contributed by atoms with Crippen LogP contribution < -0.4 is 14.4 Å². The second-order valence-corrected chi connectivity index (χ2v) is 7.85. The van der Waals surface area contributed by atoms with Gasteiger partial charge in [0, 0.05) is 31.9 Å². The molecule has 0 radical (unpaired) electrons. The quantitative estimate of drug-likeness (QED) is 0.426. The van der Waals surface area contributed by atoms with Crippen LogP contribution in [0.2, 0.25) is 0 Å². The molecule has 1 amide bonds. The zero-order valence-corrected chi connectivity index (χ0v) is 19.3. The predicted molar refractivity (Wildman–Crippen MR) is 125 cm³/mol. The van der Waals surface area contributed by atoms with E-state index >= 15 is 0 Å². The number of nitrogens with zero attached hydrogens (tertiary/aromatic N) is 4. The van der Waals surface area contributed by atoms with Crippen LogP contribution in [0.25, 0.3) is 6.08 Å². The highest BCUT2D eigenvalue weighted by molar-refractivity contribution is 9.10. The normalized spacial score (nSPS) is 13.8. The fourth-order valence-electron chi connectivity index (χ4n) is 3.46. The van der Waals surface area contributed by atoms with Crippen LogP contribution >= 0.6 is 15.9 Å². The lowest BCUT2D eigenvalue weighted by Gasteiger charge is -2.36. The Morgan fingerprint density at radius 1 is 1.12 bits per heavy atom. The third kappa shape index (κ3) is 5.60. The monoisotopic (exact) mass is 494 g/mol. The Balaban J connectivity index is 1.76. The van der Waals surface area contributed by atoms with Crippen molar-refractivity contribution in [1.29, 1.82) is 10.5 Å². The van der Waals surface area contributed by atoms with Crippen LogP contribution in [0.3, 0.4) is 0 Å². The zero-order chi connectivity index (χ0) is 22.9. The summed E-state index contributed by atoms with van der Waals surface area (Å²) in [7, 11) is 0. The predicted octanol–water partition coefficient (Wildman–Crippen LogP) is 4.01. The van der Waals surface area contributed by atoms with Crippen LogP contribution in [0.5, 0.6) is 11.5 Å². The summed E-state index contributed by atoms with van der Waals surface area (Å²) in [5.41, 5.74) is 1.80. The first-order chi connectivity index (χ1) is 15.6. The average molecular weight is 495 g/mol. The lowest BCUT2D eigenvalue weighted by atomic mass is 10.1. The molecule has 0 unspecified atom stereocenters. The van der Waals surface area contributed by atoms with E-state index in [9.17, 15) is 10.1 Å². The van der Waals surface area contributed by atoms with Crippen molar-refractivity contribution in [2.75, 3.05) is 44.3 Å². The molecule has 3 rings (SSSR count). The van der Waals surface area contributed by atoms with Gasteiger partial charge in [-0.1, -0.05) is 18.2 Å². The Morgan fingerprint density at radius 3 is 2.47 bits per heavy atom. The number of anilines is 1. The van der Waals surface area contributed by atoms with Gasteiger partial charge in [-0.05, 0) is 58.8 Å².